The molecule has 41 heavy (non-hydrogen) atoms. The molecule has 1 atom stereocenters. The molecule has 1 aliphatic heterocycles. The molecule has 5 rings (SSSR count). The van der Waals surface area contributed by atoms with Crippen LogP contribution >= 0.6 is 0 Å². The Balaban J connectivity index is 1.67. The third-order valence-corrected chi connectivity index (χ3v) is 7.12. The van der Waals surface area contributed by atoms with Crippen molar-refractivity contribution in [3.05, 3.63) is 125 Å². The van der Waals surface area contributed by atoms with E-state index >= 15 is 0 Å². The lowest BCUT2D eigenvalue weighted by atomic mass is 9.85. The number of Topliss-reactive ketones (excluding diaryl/α,β-unsaturated/α-hetero) is 1. The van der Waals surface area contributed by atoms with Crippen molar-refractivity contribution in [2.75, 3.05) is 7.11 Å². The SMILES string of the molecule is COc1ccc(C(C)(C)C)cc1/C(O)=C1\C(=O)C(=O)N(Cc2ccncc2)C1c1cccc(Oc2ccccc2)c1. The third-order valence-electron chi connectivity index (χ3n) is 7.12. The Morgan fingerprint density at radius 2 is 1.61 bits per heavy atom. The highest BCUT2D eigenvalue weighted by atomic mass is 16.5. The van der Waals surface area contributed by atoms with E-state index in [1.54, 1.807) is 48.8 Å². The summed E-state index contributed by atoms with van der Waals surface area (Å²) in [5.74, 6) is -0.166. The summed E-state index contributed by atoms with van der Waals surface area (Å²) in [6, 6.07) is 24.8. The quantitative estimate of drug-likeness (QED) is 0.155. The van der Waals surface area contributed by atoms with Crippen molar-refractivity contribution < 1.29 is 24.2 Å². The van der Waals surface area contributed by atoms with Crippen LogP contribution in [0.25, 0.3) is 5.76 Å². The number of para-hydroxylation sites is 1. The molecule has 4 aromatic rings. The molecule has 1 saturated heterocycles. The highest BCUT2D eigenvalue weighted by molar-refractivity contribution is 6.46. The lowest BCUT2D eigenvalue weighted by Gasteiger charge is -2.26. The van der Waals surface area contributed by atoms with Crippen LogP contribution in [0, 0.1) is 0 Å². The number of methoxy groups -OCH3 is 1. The summed E-state index contributed by atoms with van der Waals surface area (Å²) in [6.45, 7) is 6.33. The smallest absolute Gasteiger partial charge is 0.295 e. The van der Waals surface area contributed by atoms with Crippen LogP contribution in [-0.2, 0) is 21.5 Å². The van der Waals surface area contributed by atoms with Crippen LogP contribution in [0.4, 0.5) is 0 Å². The minimum absolute atomic E-state index is 0.00900. The number of hydrogen-bond acceptors (Lipinski definition) is 6. The average molecular weight is 549 g/mol. The van der Waals surface area contributed by atoms with E-state index in [1.807, 2.05) is 48.5 Å². The molecule has 0 aliphatic carbocycles. The fourth-order valence-corrected chi connectivity index (χ4v) is 4.95. The standard InChI is InChI=1S/C34H32N2O5/c1-34(2,3)24-13-14-28(40-4)27(20-24)31(37)29-30(36(33(39)32(29)38)21-22-15-17-35-18-16-22)23-9-8-12-26(19-23)41-25-10-6-5-7-11-25/h5-20,30,37H,21H2,1-4H3/b31-29+. The Morgan fingerprint density at radius 1 is 0.902 bits per heavy atom. The van der Waals surface area contributed by atoms with Crippen molar-refractivity contribution in [2.45, 2.75) is 38.8 Å². The van der Waals surface area contributed by atoms with E-state index in [0.29, 0.717) is 28.4 Å². The van der Waals surface area contributed by atoms with E-state index in [-0.39, 0.29) is 23.3 Å². The van der Waals surface area contributed by atoms with Crippen molar-refractivity contribution >= 4 is 17.4 Å². The number of ketones is 1. The van der Waals surface area contributed by atoms with Gasteiger partial charge in [0.05, 0.1) is 24.3 Å². The Kier molecular flexibility index (Phi) is 7.62. The van der Waals surface area contributed by atoms with Gasteiger partial charge in [0, 0.05) is 18.9 Å². The monoisotopic (exact) mass is 548 g/mol. The minimum atomic E-state index is -0.870. The van der Waals surface area contributed by atoms with Crippen LogP contribution in [0.2, 0.25) is 0 Å². The summed E-state index contributed by atoms with van der Waals surface area (Å²) >= 11 is 0. The summed E-state index contributed by atoms with van der Waals surface area (Å²) in [5.41, 5.74) is 2.49. The molecule has 0 radical (unpaired) electrons. The first kappa shape index (κ1) is 27.6. The molecule has 7 heteroatoms. The van der Waals surface area contributed by atoms with E-state index < -0.39 is 17.7 Å². The first-order valence-corrected chi connectivity index (χ1v) is 13.4. The number of aliphatic hydroxyl groups is 1. The number of likely N-dealkylation sites (tertiary alicyclic amines) is 1. The topological polar surface area (TPSA) is 89.0 Å². The van der Waals surface area contributed by atoms with E-state index in [1.165, 1.54) is 12.0 Å². The summed E-state index contributed by atoms with van der Waals surface area (Å²) in [7, 11) is 1.51. The predicted molar refractivity (Wildman–Crippen MR) is 157 cm³/mol. The molecule has 1 aromatic heterocycles. The summed E-state index contributed by atoms with van der Waals surface area (Å²) in [5, 5.41) is 11.8. The van der Waals surface area contributed by atoms with Crippen molar-refractivity contribution in [1.29, 1.82) is 0 Å². The number of hydrogen-bond donors (Lipinski definition) is 1. The van der Waals surface area contributed by atoms with E-state index in [9.17, 15) is 14.7 Å². The first-order chi connectivity index (χ1) is 19.7. The Bertz CT molecular complexity index is 1610. The average Bonchev–Trinajstić information content (AvgIpc) is 3.22. The number of aromatic nitrogens is 1. The summed E-state index contributed by atoms with van der Waals surface area (Å²) < 4.78 is 11.6. The normalized spacial score (nSPS) is 16.6. The molecule has 2 heterocycles. The van der Waals surface area contributed by atoms with Crippen molar-refractivity contribution in [3.8, 4) is 17.2 Å². The highest BCUT2D eigenvalue weighted by Gasteiger charge is 2.46. The largest absolute Gasteiger partial charge is 0.507 e. The second kappa shape index (κ2) is 11.3. The van der Waals surface area contributed by atoms with Gasteiger partial charge >= 0.3 is 0 Å². The molecule has 208 valence electrons. The molecular formula is C34H32N2O5. The fourth-order valence-electron chi connectivity index (χ4n) is 4.95. The second-order valence-electron chi connectivity index (χ2n) is 10.9. The molecule has 1 N–H and O–H groups in total. The maximum absolute atomic E-state index is 13.7. The minimum Gasteiger partial charge on any atom is -0.507 e. The van der Waals surface area contributed by atoms with Crippen LogP contribution < -0.4 is 9.47 Å². The van der Waals surface area contributed by atoms with Gasteiger partial charge in [-0.3, -0.25) is 14.6 Å². The van der Waals surface area contributed by atoms with Crippen LogP contribution in [-0.4, -0.2) is 33.8 Å². The van der Waals surface area contributed by atoms with E-state index in [0.717, 1.165) is 11.1 Å². The number of ether oxygens (including phenoxy) is 2. The molecule has 1 fully saturated rings. The maximum Gasteiger partial charge on any atom is 0.295 e. The molecule has 7 nitrogen and oxygen atoms in total. The van der Waals surface area contributed by atoms with Gasteiger partial charge in [0.2, 0.25) is 0 Å². The van der Waals surface area contributed by atoms with Gasteiger partial charge in [0.25, 0.3) is 11.7 Å². The van der Waals surface area contributed by atoms with Gasteiger partial charge in [0.1, 0.15) is 23.0 Å². The zero-order valence-corrected chi connectivity index (χ0v) is 23.5. The molecule has 0 bridgehead atoms. The number of pyridine rings is 1. The molecule has 3 aromatic carbocycles. The highest BCUT2D eigenvalue weighted by Crippen LogP contribution is 2.43. The fraction of sp³-hybridized carbons (Fsp3) is 0.206. The molecular weight excluding hydrogens is 516 g/mol. The predicted octanol–water partition coefficient (Wildman–Crippen LogP) is 6.80. The van der Waals surface area contributed by atoms with Gasteiger partial charge in [0.15, 0.2) is 0 Å². The van der Waals surface area contributed by atoms with Crippen LogP contribution in [0.5, 0.6) is 17.2 Å². The number of carbonyl (C=O) groups is 2. The van der Waals surface area contributed by atoms with Gasteiger partial charge in [-0.25, -0.2) is 0 Å². The van der Waals surface area contributed by atoms with Crippen LogP contribution in [0.1, 0.15) is 49.1 Å². The van der Waals surface area contributed by atoms with Crippen molar-refractivity contribution in [1.82, 2.24) is 9.88 Å². The maximum atomic E-state index is 13.7. The number of benzene rings is 3. The molecule has 1 amide bonds. The van der Waals surface area contributed by atoms with Gasteiger partial charge in [-0.2, -0.15) is 0 Å². The van der Waals surface area contributed by atoms with Crippen molar-refractivity contribution in [3.63, 3.8) is 0 Å². The second-order valence-corrected chi connectivity index (χ2v) is 10.9. The third kappa shape index (κ3) is 5.70. The number of amides is 1. The lowest BCUT2D eigenvalue weighted by Crippen LogP contribution is -2.29. The number of carbonyl (C=O) groups excluding carboxylic acids is 2. The Labute approximate surface area is 239 Å². The zero-order valence-electron chi connectivity index (χ0n) is 23.5. The van der Waals surface area contributed by atoms with Crippen LogP contribution in [0.3, 0.4) is 0 Å². The van der Waals surface area contributed by atoms with Crippen LogP contribution in [0.15, 0.2) is 103 Å². The van der Waals surface area contributed by atoms with Gasteiger partial charge in [-0.15, -0.1) is 0 Å². The first-order valence-electron chi connectivity index (χ1n) is 13.4. The number of aliphatic hydroxyl groups excluding tert-OH is 1. The number of rotatable bonds is 7. The molecule has 0 spiro atoms. The molecule has 1 aliphatic rings. The lowest BCUT2D eigenvalue weighted by molar-refractivity contribution is -0.140. The molecule has 0 saturated carbocycles. The zero-order chi connectivity index (χ0) is 29.1. The number of nitrogens with zero attached hydrogens (tertiary/aromatic N) is 2. The van der Waals surface area contributed by atoms with Gasteiger partial charge in [-0.05, 0) is 70.6 Å². The Hall–Kier alpha value is -4.91. The Morgan fingerprint density at radius 3 is 2.29 bits per heavy atom. The summed E-state index contributed by atoms with van der Waals surface area (Å²) in [4.78, 5) is 32.8. The van der Waals surface area contributed by atoms with Crippen molar-refractivity contribution in [2.24, 2.45) is 0 Å². The molecule has 1 unspecified atom stereocenters. The van der Waals surface area contributed by atoms with E-state index in [4.69, 9.17) is 9.47 Å². The van der Waals surface area contributed by atoms with Gasteiger partial charge in [-0.1, -0.05) is 57.2 Å². The summed E-state index contributed by atoms with van der Waals surface area (Å²) in [6.07, 6.45) is 3.27. The van der Waals surface area contributed by atoms with E-state index in [2.05, 4.69) is 25.8 Å². The van der Waals surface area contributed by atoms with Gasteiger partial charge < -0.3 is 19.5 Å².